The van der Waals surface area contributed by atoms with Gasteiger partial charge in [0.05, 0.1) is 11.8 Å². The number of hydrogen-bond donors (Lipinski definition) is 1. The van der Waals surface area contributed by atoms with E-state index >= 15 is 0 Å². The number of ether oxygens (including phenoxy) is 1. The predicted molar refractivity (Wildman–Crippen MR) is 100 cm³/mol. The molecule has 1 aromatic heterocycles. The summed E-state index contributed by atoms with van der Waals surface area (Å²) in [5.74, 6) is -1.02. The average Bonchev–Trinajstić information content (AvgIpc) is 2.60. The highest BCUT2D eigenvalue weighted by atomic mass is 32.2. The number of hydrogen-bond acceptors (Lipinski definition) is 7. The zero-order valence-electron chi connectivity index (χ0n) is 14.4. The number of carbonyl (C=O) groups excluding carboxylic acids is 2. The minimum absolute atomic E-state index is 0.298. The van der Waals surface area contributed by atoms with Crippen LogP contribution in [0.15, 0.2) is 47.6 Å². The molecule has 0 saturated heterocycles. The van der Waals surface area contributed by atoms with Gasteiger partial charge in [-0.2, -0.15) is 0 Å². The Kier molecular flexibility index (Phi) is 6.38. The number of Topliss-reactive ketones (excluding diaryl/α,β-unsaturated/α-hetero) is 1. The monoisotopic (exact) mass is 394 g/mol. The van der Waals surface area contributed by atoms with Crippen LogP contribution in [0.2, 0.25) is 0 Å². The Morgan fingerprint density at radius 2 is 1.85 bits per heavy atom. The van der Waals surface area contributed by atoms with Crippen molar-refractivity contribution in [1.82, 2.24) is 4.98 Å². The van der Waals surface area contributed by atoms with Gasteiger partial charge in [-0.05, 0) is 49.6 Å². The molecule has 0 amide bonds. The van der Waals surface area contributed by atoms with Crippen LogP contribution < -0.4 is 4.72 Å². The molecule has 26 heavy (non-hydrogen) atoms. The predicted octanol–water partition coefficient (Wildman–Crippen LogP) is 2.60. The number of benzene rings is 1. The van der Waals surface area contributed by atoms with Gasteiger partial charge in [0.15, 0.2) is 6.10 Å². The van der Waals surface area contributed by atoms with Crippen molar-refractivity contribution in [3.63, 3.8) is 0 Å². The summed E-state index contributed by atoms with van der Waals surface area (Å²) < 4.78 is 29.9. The largest absolute Gasteiger partial charge is 0.451 e. The Balaban J connectivity index is 2.08. The molecule has 1 heterocycles. The Labute approximate surface area is 156 Å². The van der Waals surface area contributed by atoms with Crippen LogP contribution in [-0.2, 0) is 14.8 Å². The second kappa shape index (κ2) is 8.33. The number of thioether (sulfide) groups is 1. The number of carbonyl (C=O) groups is 2. The molecule has 0 aliphatic heterocycles. The number of sulfonamides is 1. The van der Waals surface area contributed by atoms with Gasteiger partial charge in [-0.25, -0.2) is 18.2 Å². The van der Waals surface area contributed by atoms with E-state index in [1.54, 1.807) is 24.6 Å². The van der Waals surface area contributed by atoms with E-state index in [1.807, 2.05) is 0 Å². The van der Waals surface area contributed by atoms with Crippen molar-refractivity contribution < 1.29 is 22.7 Å². The van der Waals surface area contributed by atoms with Gasteiger partial charge in [-0.1, -0.05) is 0 Å². The summed E-state index contributed by atoms with van der Waals surface area (Å²) in [4.78, 5) is 28.8. The number of aromatic nitrogens is 1. The maximum Gasteiger partial charge on any atom is 0.341 e. The van der Waals surface area contributed by atoms with Gasteiger partial charge in [0.1, 0.15) is 5.03 Å². The van der Waals surface area contributed by atoms with Gasteiger partial charge in [0.25, 0.3) is 0 Å². The maximum absolute atomic E-state index is 12.4. The Morgan fingerprint density at radius 1 is 1.19 bits per heavy atom. The van der Waals surface area contributed by atoms with Crippen LogP contribution in [0, 0.1) is 0 Å². The molecular weight excluding hydrogens is 376 g/mol. The van der Waals surface area contributed by atoms with Crippen LogP contribution in [-0.4, -0.2) is 43.8 Å². The summed E-state index contributed by atoms with van der Waals surface area (Å²) in [5.41, 5.74) is 0.946. The molecule has 0 aliphatic carbocycles. The zero-order valence-corrected chi connectivity index (χ0v) is 16.1. The fourth-order valence-corrected chi connectivity index (χ4v) is 3.24. The van der Waals surface area contributed by atoms with E-state index in [0.29, 0.717) is 21.8 Å². The van der Waals surface area contributed by atoms with Gasteiger partial charge in [-0.3, -0.25) is 9.52 Å². The lowest BCUT2D eigenvalue weighted by Crippen LogP contribution is -2.24. The lowest BCUT2D eigenvalue weighted by molar-refractivity contribution is 0.0314. The smallest absolute Gasteiger partial charge is 0.341 e. The van der Waals surface area contributed by atoms with Crippen LogP contribution in [0.1, 0.15) is 27.6 Å². The van der Waals surface area contributed by atoms with Crippen molar-refractivity contribution in [3.05, 3.63) is 53.7 Å². The minimum atomic E-state index is -3.39. The molecule has 0 aliphatic rings. The Morgan fingerprint density at radius 3 is 2.42 bits per heavy atom. The summed E-state index contributed by atoms with van der Waals surface area (Å²) in [6, 6.07) is 9.08. The average molecular weight is 394 g/mol. The fraction of sp³-hybridized carbons (Fsp3) is 0.235. The zero-order chi connectivity index (χ0) is 19.3. The topological polar surface area (TPSA) is 102 Å². The van der Waals surface area contributed by atoms with Gasteiger partial charge in [0, 0.05) is 17.4 Å². The number of esters is 1. The number of ketones is 1. The lowest BCUT2D eigenvalue weighted by Gasteiger charge is -2.13. The Hall–Kier alpha value is -2.39. The summed E-state index contributed by atoms with van der Waals surface area (Å²) in [5, 5.41) is 0.522. The van der Waals surface area contributed by atoms with E-state index in [9.17, 15) is 18.0 Å². The third-order valence-corrected chi connectivity index (χ3v) is 4.63. The van der Waals surface area contributed by atoms with Crippen LogP contribution in [0.25, 0.3) is 0 Å². The summed E-state index contributed by atoms with van der Waals surface area (Å²) in [6.45, 7) is 1.48. The molecule has 1 atom stereocenters. The highest BCUT2D eigenvalue weighted by molar-refractivity contribution is 7.98. The third-order valence-electron chi connectivity index (χ3n) is 3.31. The maximum atomic E-state index is 12.4. The standard InChI is InChI=1S/C17H18N2O5S2/c1-11(24-17(21)14-5-4-10-18-16(14)25-2)15(20)12-6-8-13(9-7-12)19-26(3,22)23/h4-11,19H,1-3H3/t11-/m0/s1. The van der Waals surface area contributed by atoms with Gasteiger partial charge in [0.2, 0.25) is 15.8 Å². The molecule has 7 nitrogen and oxygen atoms in total. The second-order valence-electron chi connectivity index (χ2n) is 5.42. The third kappa shape index (κ3) is 5.30. The van der Waals surface area contributed by atoms with Crippen molar-refractivity contribution in [1.29, 1.82) is 0 Å². The van der Waals surface area contributed by atoms with Crippen LogP contribution in [0.3, 0.4) is 0 Å². The molecule has 0 fully saturated rings. The van der Waals surface area contributed by atoms with Crippen molar-refractivity contribution in [2.24, 2.45) is 0 Å². The van der Waals surface area contributed by atoms with Gasteiger partial charge < -0.3 is 4.74 Å². The molecule has 2 rings (SSSR count). The highest BCUT2D eigenvalue weighted by Crippen LogP contribution is 2.19. The van der Waals surface area contributed by atoms with Crippen molar-refractivity contribution in [3.8, 4) is 0 Å². The molecule has 1 aromatic carbocycles. The van der Waals surface area contributed by atoms with Crippen molar-refractivity contribution >= 4 is 39.2 Å². The molecule has 0 radical (unpaired) electrons. The van der Waals surface area contributed by atoms with E-state index in [4.69, 9.17) is 4.74 Å². The van der Waals surface area contributed by atoms with Crippen LogP contribution in [0.4, 0.5) is 5.69 Å². The van der Waals surface area contributed by atoms with Crippen molar-refractivity contribution in [2.45, 2.75) is 18.1 Å². The minimum Gasteiger partial charge on any atom is -0.451 e. The lowest BCUT2D eigenvalue weighted by atomic mass is 10.1. The van der Waals surface area contributed by atoms with E-state index in [1.165, 1.54) is 43.0 Å². The first-order valence-corrected chi connectivity index (χ1v) is 10.6. The van der Waals surface area contributed by atoms with Crippen molar-refractivity contribution in [2.75, 3.05) is 17.2 Å². The fourth-order valence-electron chi connectivity index (χ4n) is 2.14. The SMILES string of the molecule is CSc1ncccc1C(=O)O[C@@H](C)C(=O)c1ccc(NS(C)(=O)=O)cc1. The number of nitrogens with zero attached hydrogens (tertiary/aromatic N) is 1. The van der Waals surface area contributed by atoms with Crippen LogP contribution in [0.5, 0.6) is 0 Å². The molecular formula is C17H18N2O5S2. The molecule has 138 valence electrons. The van der Waals surface area contributed by atoms with Gasteiger partial charge >= 0.3 is 5.97 Å². The van der Waals surface area contributed by atoms with Gasteiger partial charge in [-0.15, -0.1) is 11.8 Å². The van der Waals surface area contributed by atoms with Crippen LogP contribution >= 0.6 is 11.8 Å². The number of nitrogens with one attached hydrogen (secondary N) is 1. The first kappa shape index (κ1) is 19.9. The van der Waals surface area contributed by atoms with E-state index in [0.717, 1.165) is 6.26 Å². The first-order chi connectivity index (χ1) is 12.2. The molecule has 9 heteroatoms. The normalized spacial score (nSPS) is 12.3. The molecule has 0 unspecified atom stereocenters. The van der Waals surface area contributed by atoms with E-state index < -0.39 is 22.1 Å². The number of rotatable bonds is 7. The molecule has 2 aromatic rings. The Bertz CT molecular complexity index is 911. The number of pyridine rings is 1. The molecule has 0 spiro atoms. The number of anilines is 1. The molecule has 1 N–H and O–H groups in total. The first-order valence-electron chi connectivity index (χ1n) is 7.53. The summed E-state index contributed by atoms with van der Waals surface area (Å²) in [7, 11) is -3.39. The van der Waals surface area contributed by atoms with E-state index in [-0.39, 0.29) is 5.78 Å². The summed E-state index contributed by atoms with van der Waals surface area (Å²) >= 11 is 1.31. The molecule has 0 bridgehead atoms. The van der Waals surface area contributed by atoms with E-state index in [2.05, 4.69) is 9.71 Å². The quantitative estimate of drug-likeness (QED) is 0.437. The highest BCUT2D eigenvalue weighted by Gasteiger charge is 2.22. The second-order valence-corrected chi connectivity index (χ2v) is 7.97. The summed E-state index contributed by atoms with van der Waals surface area (Å²) in [6.07, 6.45) is 3.41. The molecule has 0 saturated carbocycles.